The van der Waals surface area contributed by atoms with Crippen LogP contribution in [0.2, 0.25) is 0 Å². The first kappa shape index (κ1) is 20.4. The van der Waals surface area contributed by atoms with Crippen molar-refractivity contribution in [2.45, 2.75) is 64.4 Å². The molecule has 1 aliphatic rings. The molecule has 0 N–H and O–H groups in total. The third kappa shape index (κ3) is 5.58. The van der Waals surface area contributed by atoms with Gasteiger partial charge in [0.25, 0.3) is 0 Å². The summed E-state index contributed by atoms with van der Waals surface area (Å²) in [5.74, 6) is 1.64. The van der Waals surface area contributed by atoms with Crippen molar-refractivity contribution >= 4 is 0 Å². The maximum atomic E-state index is 14.0. The highest BCUT2D eigenvalue weighted by molar-refractivity contribution is 5.36. The maximum Gasteiger partial charge on any atom is 0.144 e. The van der Waals surface area contributed by atoms with Crippen molar-refractivity contribution in [2.75, 3.05) is 0 Å². The largest absolute Gasteiger partial charge is 0.486 e. The lowest BCUT2D eigenvalue weighted by Gasteiger charge is -2.29. The van der Waals surface area contributed by atoms with Crippen LogP contribution in [0, 0.1) is 29.0 Å². The van der Waals surface area contributed by atoms with Crippen LogP contribution in [-0.2, 0) is 0 Å². The highest BCUT2D eigenvalue weighted by Gasteiger charge is 2.23. The molecule has 2 nitrogen and oxygen atoms in total. The molecule has 3 rings (SSSR count). The van der Waals surface area contributed by atoms with Gasteiger partial charge in [-0.3, -0.25) is 0 Å². The Kier molecular flexibility index (Phi) is 7.48. The zero-order valence-corrected chi connectivity index (χ0v) is 16.7. The molecule has 0 spiro atoms. The van der Waals surface area contributed by atoms with Crippen LogP contribution < -0.4 is 4.74 Å². The third-order valence-electron chi connectivity index (χ3n) is 6.01. The molecule has 148 valence electrons. The zero-order chi connectivity index (χ0) is 19.8. The van der Waals surface area contributed by atoms with E-state index in [-0.39, 0.29) is 11.7 Å². The Morgan fingerprint density at radius 2 is 1.71 bits per heavy atom. The Bertz CT molecular complexity index is 775. The van der Waals surface area contributed by atoms with Crippen LogP contribution in [0.4, 0.5) is 4.39 Å². The van der Waals surface area contributed by atoms with E-state index in [1.165, 1.54) is 50.7 Å². The first-order chi connectivity index (χ1) is 13.7. The van der Waals surface area contributed by atoms with E-state index in [0.29, 0.717) is 5.75 Å². The van der Waals surface area contributed by atoms with Gasteiger partial charge in [-0.1, -0.05) is 75.8 Å². The molecular weight excluding hydrogens is 349 g/mol. The van der Waals surface area contributed by atoms with E-state index in [1.54, 1.807) is 6.07 Å². The number of hydrogen-bond acceptors (Lipinski definition) is 2. The summed E-state index contributed by atoms with van der Waals surface area (Å²) in [4.78, 5) is 0. The van der Waals surface area contributed by atoms with E-state index in [9.17, 15) is 4.39 Å². The van der Waals surface area contributed by atoms with E-state index in [2.05, 4.69) is 19.1 Å². The fraction of sp³-hybridized carbons (Fsp3) is 0.480. The predicted octanol–water partition coefficient (Wildman–Crippen LogP) is 7.20. The van der Waals surface area contributed by atoms with Gasteiger partial charge in [0, 0.05) is 6.07 Å². The maximum absolute atomic E-state index is 14.0. The molecule has 1 unspecified atom stereocenters. The normalized spacial score (nSPS) is 20.3. The predicted molar refractivity (Wildman–Crippen MR) is 111 cm³/mol. The van der Waals surface area contributed by atoms with Crippen LogP contribution in [0.5, 0.6) is 5.75 Å². The van der Waals surface area contributed by atoms with Gasteiger partial charge in [0.15, 0.2) is 0 Å². The van der Waals surface area contributed by atoms with Gasteiger partial charge in [0.05, 0.1) is 5.56 Å². The first-order valence-electron chi connectivity index (χ1n) is 10.6. The average molecular weight is 380 g/mol. The summed E-state index contributed by atoms with van der Waals surface area (Å²) in [5.41, 5.74) is 1.17. The second-order valence-electron chi connectivity index (χ2n) is 8.02. The molecule has 0 aromatic heterocycles. The van der Waals surface area contributed by atoms with Gasteiger partial charge >= 0.3 is 0 Å². The number of ether oxygens (including phenoxy) is 1. The minimum atomic E-state index is -0.527. The number of benzene rings is 2. The first-order valence-corrected chi connectivity index (χ1v) is 10.6. The molecule has 1 aliphatic carbocycles. The fourth-order valence-electron chi connectivity index (χ4n) is 4.39. The Morgan fingerprint density at radius 3 is 2.32 bits per heavy atom. The van der Waals surface area contributed by atoms with E-state index < -0.39 is 5.82 Å². The lowest BCUT2D eigenvalue weighted by Crippen LogP contribution is -2.16. The van der Waals surface area contributed by atoms with Crippen molar-refractivity contribution < 1.29 is 9.13 Å². The molecule has 28 heavy (non-hydrogen) atoms. The molecule has 3 heteroatoms. The monoisotopic (exact) mass is 379 g/mol. The number of rotatable bonds is 8. The molecule has 0 aliphatic heterocycles. The summed E-state index contributed by atoms with van der Waals surface area (Å²) >= 11 is 0. The van der Waals surface area contributed by atoms with Crippen LogP contribution >= 0.6 is 0 Å². The molecule has 1 fully saturated rings. The second-order valence-corrected chi connectivity index (χ2v) is 8.02. The summed E-state index contributed by atoms with van der Waals surface area (Å²) in [6.07, 6.45) is 9.97. The number of hydrogen-bond donors (Lipinski definition) is 0. The van der Waals surface area contributed by atoms with Gasteiger partial charge in [0.1, 0.15) is 23.7 Å². The second kappa shape index (κ2) is 10.3. The van der Waals surface area contributed by atoms with E-state index in [1.807, 2.05) is 24.3 Å². The van der Waals surface area contributed by atoms with Gasteiger partial charge in [-0.2, -0.15) is 5.26 Å². The molecular formula is C25H30FNO. The Balaban J connectivity index is 1.64. The lowest BCUT2D eigenvalue weighted by molar-refractivity contribution is 0.167. The van der Waals surface area contributed by atoms with Crippen LogP contribution in [-0.4, -0.2) is 0 Å². The van der Waals surface area contributed by atoms with Crippen molar-refractivity contribution in [3.05, 3.63) is 65.5 Å². The highest BCUT2D eigenvalue weighted by Crippen LogP contribution is 2.36. The summed E-state index contributed by atoms with van der Waals surface area (Å²) in [6.45, 7) is 2.28. The topological polar surface area (TPSA) is 33.0 Å². The van der Waals surface area contributed by atoms with Crippen LogP contribution in [0.3, 0.4) is 0 Å². The standard InChI is InChI=1S/C25H30FNO/c1-2-6-19-9-11-20(12-10-19)13-16-25(21-7-4-3-5-8-21)28-23-15-14-22(18-27)24(26)17-23/h3-5,7-8,14-15,17,19-20,25H,2,6,9-13,16H2,1H3/t19-,20-,25?. The molecule has 1 atom stereocenters. The van der Waals surface area contributed by atoms with Crippen molar-refractivity contribution in [3.8, 4) is 11.8 Å². The van der Waals surface area contributed by atoms with Crippen molar-refractivity contribution in [2.24, 2.45) is 11.8 Å². The Labute approximate surface area is 168 Å². The zero-order valence-electron chi connectivity index (χ0n) is 16.7. The van der Waals surface area contributed by atoms with E-state index >= 15 is 0 Å². The van der Waals surface area contributed by atoms with Gasteiger partial charge in [0.2, 0.25) is 0 Å². The molecule has 2 aromatic rings. The summed E-state index contributed by atoms with van der Waals surface area (Å²) in [7, 11) is 0. The van der Waals surface area contributed by atoms with Crippen molar-refractivity contribution in [1.29, 1.82) is 5.26 Å². The number of halogens is 1. The fourth-order valence-corrected chi connectivity index (χ4v) is 4.39. The quantitative estimate of drug-likeness (QED) is 0.485. The Hall–Kier alpha value is -2.34. The Morgan fingerprint density at radius 1 is 1.04 bits per heavy atom. The average Bonchev–Trinajstić information content (AvgIpc) is 2.73. The summed E-state index contributed by atoms with van der Waals surface area (Å²) < 4.78 is 20.2. The smallest absolute Gasteiger partial charge is 0.144 e. The summed E-state index contributed by atoms with van der Waals surface area (Å²) in [6, 6.07) is 16.5. The SMILES string of the molecule is CCC[C@H]1CC[C@H](CCC(Oc2ccc(C#N)c(F)c2)c2ccccc2)CC1. The third-order valence-corrected chi connectivity index (χ3v) is 6.01. The molecule has 0 radical (unpaired) electrons. The summed E-state index contributed by atoms with van der Waals surface area (Å²) in [5, 5.41) is 8.92. The number of nitrogens with zero attached hydrogens (tertiary/aromatic N) is 1. The lowest BCUT2D eigenvalue weighted by atomic mass is 9.78. The molecule has 0 heterocycles. The van der Waals surface area contributed by atoms with Crippen LogP contribution in [0.25, 0.3) is 0 Å². The molecule has 0 amide bonds. The number of nitriles is 1. The molecule has 2 aromatic carbocycles. The van der Waals surface area contributed by atoms with Gasteiger partial charge in [-0.15, -0.1) is 0 Å². The van der Waals surface area contributed by atoms with E-state index in [0.717, 1.165) is 30.2 Å². The van der Waals surface area contributed by atoms with Gasteiger partial charge in [-0.25, -0.2) is 4.39 Å². The van der Waals surface area contributed by atoms with Crippen molar-refractivity contribution in [3.63, 3.8) is 0 Å². The van der Waals surface area contributed by atoms with Gasteiger partial charge in [-0.05, 0) is 42.4 Å². The minimum Gasteiger partial charge on any atom is -0.486 e. The van der Waals surface area contributed by atoms with E-state index in [4.69, 9.17) is 10.00 Å². The molecule has 0 saturated heterocycles. The van der Waals surface area contributed by atoms with Crippen molar-refractivity contribution in [1.82, 2.24) is 0 Å². The minimum absolute atomic E-state index is 0.0486. The highest BCUT2D eigenvalue weighted by atomic mass is 19.1. The molecule has 1 saturated carbocycles. The molecule has 0 bridgehead atoms. The van der Waals surface area contributed by atoms with Gasteiger partial charge < -0.3 is 4.74 Å². The van der Waals surface area contributed by atoms with Crippen LogP contribution in [0.15, 0.2) is 48.5 Å². The van der Waals surface area contributed by atoms with Crippen LogP contribution in [0.1, 0.15) is 75.5 Å².